The molecule has 0 spiro atoms. The highest BCUT2D eigenvalue weighted by molar-refractivity contribution is 6.28. The summed E-state index contributed by atoms with van der Waals surface area (Å²) in [5, 5.41) is 0.0764. The van der Waals surface area contributed by atoms with E-state index in [1.165, 1.54) is 0 Å². The summed E-state index contributed by atoms with van der Waals surface area (Å²) < 4.78 is 16.3. The predicted molar refractivity (Wildman–Crippen MR) is 69.7 cm³/mol. The van der Waals surface area contributed by atoms with Gasteiger partial charge >= 0.3 is 12.0 Å². The van der Waals surface area contributed by atoms with Crippen LogP contribution in [0.3, 0.4) is 0 Å². The summed E-state index contributed by atoms with van der Waals surface area (Å²) in [5.74, 6) is 0. The van der Waals surface area contributed by atoms with Crippen molar-refractivity contribution in [1.29, 1.82) is 0 Å². The summed E-state index contributed by atoms with van der Waals surface area (Å²) in [6.07, 6.45) is 4.23. The second-order valence-corrected chi connectivity index (χ2v) is 4.70. The predicted octanol–water partition coefficient (Wildman–Crippen LogP) is 2.26. The van der Waals surface area contributed by atoms with Gasteiger partial charge in [-0.15, -0.1) is 4.98 Å². The molecular weight excluding hydrogens is 270 g/mol. The highest BCUT2D eigenvalue weighted by atomic mass is 35.5. The van der Waals surface area contributed by atoms with Crippen molar-refractivity contribution in [2.24, 2.45) is 0 Å². The van der Waals surface area contributed by atoms with Crippen molar-refractivity contribution < 1.29 is 14.2 Å². The van der Waals surface area contributed by atoms with Crippen molar-refractivity contribution in [2.45, 2.75) is 44.8 Å². The number of halogens is 1. The molecule has 0 bridgehead atoms. The van der Waals surface area contributed by atoms with Crippen LogP contribution in [0.5, 0.6) is 12.0 Å². The second kappa shape index (κ2) is 6.86. The number of aromatic nitrogens is 3. The SMILES string of the molecule is CCOc1nc(Cl)nc(OC2CCCC(OC)C2)n1. The highest BCUT2D eigenvalue weighted by Gasteiger charge is 2.24. The molecule has 0 N–H and O–H groups in total. The van der Waals surface area contributed by atoms with Gasteiger partial charge in [-0.25, -0.2) is 0 Å². The quantitative estimate of drug-likeness (QED) is 0.827. The van der Waals surface area contributed by atoms with Gasteiger partial charge in [-0.3, -0.25) is 0 Å². The van der Waals surface area contributed by atoms with Crippen molar-refractivity contribution in [2.75, 3.05) is 13.7 Å². The molecular formula is C12H18ClN3O3. The molecule has 2 atom stereocenters. The van der Waals surface area contributed by atoms with Crippen molar-refractivity contribution >= 4 is 11.6 Å². The Kier molecular flexibility index (Phi) is 5.15. The molecule has 1 saturated carbocycles. The molecule has 1 aliphatic rings. The fourth-order valence-electron chi connectivity index (χ4n) is 2.13. The second-order valence-electron chi connectivity index (χ2n) is 4.37. The molecule has 1 heterocycles. The zero-order valence-electron chi connectivity index (χ0n) is 11.1. The van der Waals surface area contributed by atoms with Gasteiger partial charge in [-0.05, 0) is 37.8 Å². The standard InChI is InChI=1S/C12H18ClN3O3/c1-3-18-11-14-10(13)15-12(16-11)19-9-6-4-5-8(7-9)17-2/h8-9H,3-7H2,1-2H3. The lowest BCUT2D eigenvalue weighted by Crippen LogP contribution is -2.30. The first kappa shape index (κ1) is 14.3. The summed E-state index contributed by atoms with van der Waals surface area (Å²) in [7, 11) is 1.72. The van der Waals surface area contributed by atoms with Gasteiger partial charge in [0.25, 0.3) is 0 Å². The third kappa shape index (κ3) is 4.18. The Hall–Kier alpha value is -1.14. The maximum Gasteiger partial charge on any atom is 0.324 e. The minimum absolute atomic E-state index is 0.0478. The lowest BCUT2D eigenvalue weighted by atomic mass is 9.95. The largest absolute Gasteiger partial charge is 0.464 e. The Labute approximate surface area is 117 Å². The van der Waals surface area contributed by atoms with E-state index in [1.54, 1.807) is 7.11 Å². The molecule has 2 unspecified atom stereocenters. The molecule has 1 aliphatic carbocycles. The monoisotopic (exact) mass is 287 g/mol. The summed E-state index contributed by atoms with van der Waals surface area (Å²) in [4.78, 5) is 11.9. The number of hydrogen-bond donors (Lipinski definition) is 0. The average molecular weight is 288 g/mol. The van der Waals surface area contributed by atoms with Crippen LogP contribution in [0.25, 0.3) is 0 Å². The van der Waals surface area contributed by atoms with E-state index in [4.69, 9.17) is 25.8 Å². The first-order valence-corrected chi connectivity index (χ1v) is 6.83. The van der Waals surface area contributed by atoms with Gasteiger partial charge < -0.3 is 14.2 Å². The van der Waals surface area contributed by atoms with E-state index in [0.717, 1.165) is 25.7 Å². The van der Waals surface area contributed by atoms with Crippen molar-refractivity contribution in [3.05, 3.63) is 5.28 Å². The molecule has 1 aromatic heterocycles. The van der Waals surface area contributed by atoms with E-state index < -0.39 is 0 Å². The zero-order chi connectivity index (χ0) is 13.7. The normalized spacial score (nSPS) is 23.1. The Morgan fingerprint density at radius 2 is 1.89 bits per heavy atom. The van der Waals surface area contributed by atoms with E-state index in [0.29, 0.717) is 6.61 Å². The Bertz CT molecular complexity index is 419. The van der Waals surface area contributed by atoms with E-state index in [-0.39, 0.29) is 29.5 Å². The van der Waals surface area contributed by atoms with Crippen LogP contribution >= 0.6 is 11.6 Å². The Morgan fingerprint density at radius 3 is 2.63 bits per heavy atom. The van der Waals surface area contributed by atoms with Gasteiger partial charge in [0.05, 0.1) is 12.7 Å². The van der Waals surface area contributed by atoms with Crippen molar-refractivity contribution in [3.8, 4) is 12.0 Å². The van der Waals surface area contributed by atoms with E-state index in [1.807, 2.05) is 6.92 Å². The van der Waals surface area contributed by atoms with E-state index >= 15 is 0 Å². The maximum atomic E-state index is 5.81. The number of nitrogens with zero attached hydrogens (tertiary/aromatic N) is 3. The highest BCUT2D eigenvalue weighted by Crippen LogP contribution is 2.24. The van der Waals surface area contributed by atoms with Crippen LogP contribution in [0, 0.1) is 0 Å². The number of methoxy groups -OCH3 is 1. The molecule has 106 valence electrons. The average Bonchev–Trinajstić information content (AvgIpc) is 2.38. The van der Waals surface area contributed by atoms with Crippen LogP contribution in [0.1, 0.15) is 32.6 Å². The van der Waals surface area contributed by atoms with Crippen LogP contribution in [-0.4, -0.2) is 40.9 Å². The topological polar surface area (TPSA) is 66.4 Å². The zero-order valence-corrected chi connectivity index (χ0v) is 11.9. The van der Waals surface area contributed by atoms with Crippen molar-refractivity contribution in [1.82, 2.24) is 15.0 Å². The summed E-state index contributed by atoms with van der Waals surface area (Å²) in [5.41, 5.74) is 0. The van der Waals surface area contributed by atoms with Crippen molar-refractivity contribution in [3.63, 3.8) is 0 Å². The molecule has 0 aliphatic heterocycles. The molecule has 19 heavy (non-hydrogen) atoms. The molecule has 0 amide bonds. The third-order valence-electron chi connectivity index (χ3n) is 3.02. The number of ether oxygens (including phenoxy) is 3. The first-order valence-electron chi connectivity index (χ1n) is 6.45. The Morgan fingerprint density at radius 1 is 1.16 bits per heavy atom. The van der Waals surface area contributed by atoms with Crippen LogP contribution in [0.2, 0.25) is 5.28 Å². The Balaban J connectivity index is 2.01. The smallest absolute Gasteiger partial charge is 0.324 e. The third-order valence-corrected chi connectivity index (χ3v) is 3.19. The van der Waals surface area contributed by atoms with Crippen LogP contribution in [-0.2, 0) is 4.74 Å². The molecule has 0 aromatic carbocycles. The minimum atomic E-state index is 0.0478. The molecule has 2 rings (SSSR count). The van der Waals surface area contributed by atoms with Gasteiger partial charge in [0.15, 0.2) is 0 Å². The van der Waals surface area contributed by atoms with Gasteiger partial charge in [0.1, 0.15) is 6.10 Å². The van der Waals surface area contributed by atoms with Crippen LogP contribution in [0.15, 0.2) is 0 Å². The lowest BCUT2D eigenvalue weighted by Gasteiger charge is -2.27. The first-order chi connectivity index (χ1) is 9.21. The van der Waals surface area contributed by atoms with Gasteiger partial charge in [0.2, 0.25) is 5.28 Å². The van der Waals surface area contributed by atoms with Gasteiger partial charge in [-0.2, -0.15) is 9.97 Å². The summed E-state index contributed by atoms with van der Waals surface area (Å²) in [6, 6.07) is 0.404. The molecule has 7 heteroatoms. The molecule has 6 nitrogen and oxygen atoms in total. The molecule has 0 saturated heterocycles. The molecule has 1 aromatic rings. The fraction of sp³-hybridized carbons (Fsp3) is 0.750. The maximum absolute atomic E-state index is 5.81. The molecule has 0 radical (unpaired) electrons. The van der Waals surface area contributed by atoms with E-state index in [2.05, 4.69) is 15.0 Å². The number of hydrogen-bond acceptors (Lipinski definition) is 6. The number of rotatable bonds is 5. The van der Waals surface area contributed by atoms with Gasteiger partial charge in [-0.1, -0.05) is 0 Å². The summed E-state index contributed by atoms with van der Waals surface area (Å²) in [6.45, 7) is 2.32. The van der Waals surface area contributed by atoms with Gasteiger partial charge in [0, 0.05) is 13.5 Å². The lowest BCUT2D eigenvalue weighted by molar-refractivity contribution is 0.0175. The summed E-state index contributed by atoms with van der Waals surface area (Å²) >= 11 is 5.81. The van der Waals surface area contributed by atoms with Crippen LogP contribution in [0.4, 0.5) is 0 Å². The van der Waals surface area contributed by atoms with E-state index in [9.17, 15) is 0 Å². The molecule has 1 fully saturated rings. The fourth-order valence-corrected chi connectivity index (χ4v) is 2.28. The van der Waals surface area contributed by atoms with Crippen LogP contribution < -0.4 is 9.47 Å². The minimum Gasteiger partial charge on any atom is -0.464 e.